The number of nitrogens with zero attached hydrogens (tertiary/aromatic N) is 2. The zero-order chi connectivity index (χ0) is 19.9. The first-order valence-electron chi connectivity index (χ1n) is 9.89. The fraction of sp³-hybridized carbons (Fsp3) is 0.696. The van der Waals surface area contributed by atoms with Crippen LogP contribution < -0.4 is 0 Å². The van der Waals surface area contributed by atoms with Crippen LogP contribution in [0.5, 0.6) is 5.75 Å². The molecular weight excluding hydrogens is 320 g/mol. The minimum absolute atomic E-state index is 0.0809. The number of amidine groups is 1. The van der Waals surface area contributed by atoms with E-state index in [1.807, 2.05) is 0 Å². The normalized spacial score (nSPS) is 16.2. The van der Waals surface area contributed by atoms with E-state index in [0.29, 0.717) is 5.75 Å². The van der Waals surface area contributed by atoms with Crippen molar-refractivity contribution >= 4 is 5.84 Å². The molecule has 0 fully saturated rings. The van der Waals surface area contributed by atoms with E-state index >= 15 is 0 Å². The molecule has 0 aromatic heterocycles. The lowest BCUT2D eigenvalue weighted by Crippen LogP contribution is -2.43. The molecule has 3 nitrogen and oxygen atoms in total. The maximum Gasteiger partial charge on any atom is 0.123 e. The van der Waals surface area contributed by atoms with Crippen LogP contribution in [-0.4, -0.2) is 34.5 Å². The SMILES string of the molecule is CC(C)(C)c1cc(CCC2=NCCN2C(C)(C)C)cc(C(C)(C)C)c1O. The summed E-state index contributed by atoms with van der Waals surface area (Å²) in [4.78, 5) is 7.19. The highest BCUT2D eigenvalue weighted by molar-refractivity contribution is 5.84. The summed E-state index contributed by atoms with van der Waals surface area (Å²) in [5.74, 6) is 1.68. The topological polar surface area (TPSA) is 35.8 Å². The Kier molecular flexibility index (Phi) is 5.52. The van der Waals surface area contributed by atoms with Crippen LogP contribution in [0.4, 0.5) is 0 Å². The molecule has 1 aromatic carbocycles. The van der Waals surface area contributed by atoms with E-state index in [1.165, 1.54) is 11.4 Å². The molecule has 0 radical (unpaired) electrons. The summed E-state index contributed by atoms with van der Waals surface area (Å²) in [6.45, 7) is 21.7. The molecule has 0 spiro atoms. The lowest BCUT2D eigenvalue weighted by molar-refractivity contribution is 0.253. The first kappa shape index (κ1) is 20.8. The number of hydrogen-bond acceptors (Lipinski definition) is 3. The second-order valence-corrected chi connectivity index (χ2v) is 10.7. The number of rotatable bonds is 3. The highest BCUT2D eigenvalue weighted by atomic mass is 16.3. The van der Waals surface area contributed by atoms with Crippen molar-refractivity contribution in [3.05, 3.63) is 28.8 Å². The minimum Gasteiger partial charge on any atom is -0.507 e. The van der Waals surface area contributed by atoms with Gasteiger partial charge >= 0.3 is 0 Å². The van der Waals surface area contributed by atoms with Gasteiger partial charge in [0, 0.05) is 18.5 Å². The van der Waals surface area contributed by atoms with Crippen LogP contribution in [0, 0.1) is 0 Å². The summed E-state index contributed by atoms with van der Waals surface area (Å²) in [5, 5.41) is 10.9. The van der Waals surface area contributed by atoms with Crippen molar-refractivity contribution < 1.29 is 5.11 Å². The molecule has 0 saturated heterocycles. The van der Waals surface area contributed by atoms with Crippen molar-refractivity contribution in [2.75, 3.05) is 13.1 Å². The predicted octanol–water partition coefficient (Wildman–Crippen LogP) is 5.43. The third-order valence-corrected chi connectivity index (χ3v) is 5.16. The van der Waals surface area contributed by atoms with Gasteiger partial charge in [-0.05, 0) is 54.7 Å². The zero-order valence-corrected chi connectivity index (χ0v) is 18.3. The fourth-order valence-corrected chi connectivity index (χ4v) is 3.67. The van der Waals surface area contributed by atoms with Crippen molar-refractivity contribution in [2.45, 2.75) is 91.5 Å². The Labute approximate surface area is 160 Å². The maximum atomic E-state index is 10.9. The fourth-order valence-electron chi connectivity index (χ4n) is 3.67. The molecule has 0 aliphatic carbocycles. The molecule has 0 atom stereocenters. The number of benzene rings is 1. The number of hydrogen-bond donors (Lipinski definition) is 1. The van der Waals surface area contributed by atoms with E-state index in [4.69, 9.17) is 4.99 Å². The molecule has 0 amide bonds. The Morgan fingerprint density at radius 3 is 1.81 bits per heavy atom. The number of aliphatic imine (C=N–C) groups is 1. The van der Waals surface area contributed by atoms with Gasteiger partial charge in [-0.3, -0.25) is 4.99 Å². The van der Waals surface area contributed by atoms with E-state index in [0.717, 1.165) is 37.1 Å². The van der Waals surface area contributed by atoms with Crippen LogP contribution in [0.1, 0.15) is 85.4 Å². The quantitative estimate of drug-likeness (QED) is 0.782. The molecule has 146 valence electrons. The Morgan fingerprint density at radius 1 is 0.885 bits per heavy atom. The third kappa shape index (κ3) is 4.61. The minimum atomic E-state index is -0.0809. The van der Waals surface area contributed by atoms with E-state index in [9.17, 15) is 5.11 Å². The highest BCUT2D eigenvalue weighted by Gasteiger charge is 2.29. The van der Waals surface area contributed by atoms with Crippen molar-refractivity contribution in [2.24, 2.45) is 4.99 Å². The molecule has 0 saturated carbocycles. The van der Waals surface area contributed by atoms with E-state index < -0.39 is 0 Å². The van der Waals surface area contributed by atoms with Gasteiger partial charge in [0.05, 0.1) is 12.4 Å². The number of phenolic OH excluding ortho intramolecular Hbond substituents is 1. The zero-order valence-electron chi connectivity index (χ0n) is 18.3. The molecular formula is C23H38N2O. The Balaban J connectivity index is 2.33. The first-order valence-corrected chi connectivity index (χ1v) is 9.89. The predicted molar refractivity (Wildman–Crippen MR) is 113 cm³/mol. The van der Waals surface area contributed by atoms with Crippen LogP contribution >= 0.6 is 0 Å². The van der Waals surface area contributed by atoms with E-state index in [-0.39, 0.29) is 16.4 Å². The molecule has 1 heterocycles. The Hall–Kier alpha value is -1.51. The lowest BCUT2D eigenvalue weighted by Gasteiger charge is -2.35. The number of aromatic hydroxyl groups is 1. The van der Waals surface area contributed by atoms with Crippen LogP contribution in [0.25, 0.3) is 0 Å². The van der Waals surface area contributed by atoms with Gasteiger partial charge in [0.25, 0.3) is 0 Å². The Bertz CT molecular complexity index is 647. The summed E-state index contributed by atoms with van der Waals surface area (Å²) in [7, 11) is 0. The molecule has 26 heavy (non-hydrogen) atoms. The first-order chi connectivity index (χ1) is 11.7. The van der Waals surface area contributed by atoms with Gasteiger partial charge in [0.2, 0.25) is 0 Å². The lowest BCUT2D eigenvalue weighted by atomic mass is 9.78. The molecule has 3 heteroatoms. The smallest absolute Gasteiger partial charge is 0.123 e. The summed E-state index contributed by atoms with van der Waals surface area (Å²) < 4.78 is 0. The molecule has 1 N–H and O–H groups in total. The van der Waals surface area contributed by atoms with Gasteiger partial charge in [-0.1, -0.05) is 53.7 Å². The summed E-state index contributed by atoms with van der Waals surface area (Å²) in [6, 6.07) is 4.39. The van der Waals surface area contributed by atoms with Gasteiger partial charge in [0.1, 0.15) is 5.75 Å². The van der Waals surface area contributed by atoms with E-state index in [1.54, 1.807) is 0 Å². The van der Waals surface area contributed by atoms with Crippen LogP contribution in [0.3, 0.4) is 0 Å². The van der Waals surface area contributed by atoms with Gasteiger partial charge < -0.3 is 10.0 Å². The number of phenols is 1. The third-order valence-electron chi connectivity index (χ3n) is 5.16. The highest BCUT2D eigenvalue weighted by Crippen LogP contribution is 2.40. The maximum absolute atomic E-state index is 10.9. The Morgan fingerprint density at radius 2 is 1.38 bits per heavy atom. The molecule has 0 bridgehead atoms. The molecule has 1 aliphatic heterocycles. The molecule has 2 rings (SSSR count). The summed E-state index contributed by atoms with van der Waals surface area (Å²) >= 11 is 0. The monoisotopic (exact) mass is 358 g/mol. The average molecular weight is 359 g/mol. The van der Waals surface area contributed by atoms with Crippen LogP contribution in [0.15, 0.2) is 17.1 Å². The van der Waals surface area contributed by atoms with Crippen molar-refractivity contribution in [3.8, 4) is 5.75 Å². The van der Waals surface area contributed by atoms with Crippen molar-refractivity contribution in [3.63, 3.8) is 0 Å². The van der Waals surface area contributed by atoms with E-state index in [2.05, 4.69) is 79.3 Å². The summed E-state index contributed by atoms with van der Waals surface area (Å²) in [6.07, 6.45) is 1.91. The van der Waals surface area contributed by atoms with Crippen molar-refractivity contribution in [1.82, 2.24) is 4.90 Å². The van der Waals surface area contributed by atoms with Crippen LogP contribution in [0.2, 0.25) is 0 Å². The van der Waals surface area contributed by atoms with Crippen molar-refractivity contribution in [1.29, 1.82) is 0 Å². The largest absolute Gasteiger partial charge is 0.507 e. The average Bonchev–Trinajstić information content (AvgIpc) is 2.92. The molecule has 1 aromatic rings. The second kappa shape index (κ2) is 6.90. The second-order valence-electron chi connectivity index (χ2n) is 10.7. The number of aryl methyl sites for hydroxylation is 1. The van der Waals surface area contributed by atoms with Crippen LogP contribution in [-0.2, 0) is 17.3 Å². The molecule has 1 aliphatic rings. The van der Waals surface area contributed by atoms with Gasteiger partial charge in [-0.25, -0.2) is 0 Å². The summed E-state index contributed by atoms with van der Waals surface area (Å²) in [5.41, 5.74) is 3.34. The van der Waals surface area contributed by atoms with Gasteiger partial charge in [-0.15, -0.1) is 0 Å². The molecule has 0 unspecified atom stereocenters. The standard InChI is InChI=1S/C23H38N2O/c1-21(2,3)17-14-16(15-18(20(17)26)22(4,5)6)10-11-19-24-12-13-25(19)23(7,8)9/h14-15,26H,10-13H2,1-9H3. The van der Waals surface area contributed by atoms with Gasteiger partial charge in [-0.2, -0.15) is 0 Å². The van der Waals surface area contributed by atoms with Gasteiger partial charge in [0.15, 0.2) is 0 Å².